The first kappa shape index (κ1) is 13.4. The Hall–Kier alpha value is -0.0800. The third-order valence-corrected chi connectivity index (χ3v) is 4.99. The van der Waals surface area contributed by atoms with Gasteiger partial charge in [0.2, 0.25) is 0 Å². The minimum atomic E-state index is 0.242. The second-order valence-corrected chi connectivity index (χ2v) is 7.19. The Morgan fingerprint density at radius 1 is 1.18 bits per heavy atom. The molecule has 0 amide bonds. The normalized spacial score (nSPS) is 33.4. The number of nitrogens with one attached hydrogen (secondary N) is 1. The molecule has 0 aromatic heterocycles. The number of hydrogen-bond donors (Lipinski definition) is 2. The van der Waals surface area contributed by atoms with Gasteiger partial charge >= 0.3 is 0 Å². The summed E-state index contributed by atoms with van der Waals surface area (Å²) in [5.41, 5.74) is 6.78. The maximum atomic E-state index is 6.06. The Bertz CT molecular complexity index is 245. The molecule has 2 aliphatic rings. The Kier molecular flexibility index (Phi) is 4.14. The van der Waals surface area contributed by atoms with Crippen LogP contribution in [0.25, 0.3) is 0 Å². The Balaban J connectivity index is 1.80. The second-order valence-electron chi connectivity index (χ2n) is 7.19. The van der Waals surface area contributed by atoms with Crippen molar-refractivity contribution in [2.45, 2.75) is 70.8 Å². The van der Waals surface area contributed by atoms with E-state index in [2.05, 4.69) is 19.2 Å². The zero-order valence-electron chi connectivity index (χ0n) is 11.7. The van der Waals surface area contributed by atoms with Crippen molar-refractivity contribution in [1.29, 1.82) is 0 Å². The van der Waals surface area contributed by atoms with E-state index < -0.39 is 0 Å². The van der Waals surface area contributed by atoms with E-state index in [1.165, 1.54) is 57.9 Å². The summed E-state index contributed by atoms with van der Waals surface area (Å²) >= 11 is 0. The minimum absolute atomic E-state index is 0.242. The molecule has 0 bridgehead atoms. The lowest BCUT2D eigenvalue weighted by Crippen LogP contribution is -2.56. The summed E-state index contributed by atoms with van der Waals surface area (Å²) in [5.74, 6) is 1.01. The van der Waals surface area contributed by atoms with Gasteiger partial charge in [0.25, 0.3) is 0 Å². The van der Waals surface area contributed by atoms with E-state index in [1.54, 1.807) is 0 Å². The summed E-state index contributed by atoms with van der Waals surface area (Å²) in [6.45, 7) is 6.77. The molecule has 0 heterocycles. The van der Waals surface area contributed by atoms with Crippen LogP contribution in [0.5, 0.6) is 0 Å². The summed E-state index contributed by atoms with van der Waals surface area (Å²) < 4.78 is 0. The van der Waals surface area contributed by atoms with E-state index in [0.717, 1.165) is 12.5 Å². The molecule has 3 N–H and O–H groups in total. The van der Waals surface area contributed by atoms with Gasteiger partial charge in [0.05, 0.1) is 0 Å². The molecular formula is C15H30N2. The first-order valence-corrected chi connectivity index (χ1v) is 7.50. The highest BCUT2D eigenvalue weighted by Gasteiger charge is 2.38. The van der Waals surface area contributed by atoms with Gasteiger partial charge in [0.15, 0.2) is 0 Å². The molecule has 0 aromatic carbocycles. The van der Waals surface area contributed by atoms with Crippen LogP contribution in [-0.2, 0) is 0 Å². The van der Waals surface area contributed by atoms with Gasteiger partial charge in [-0.3, -0.25) is 0 Å². The van der Waals surface area contributed by atoms with Crippen molar-refractivity contribution in [3.05, 3.63) is 0 Å². The third kappa shape index (κ3) is 3.45. The molecule has 17 heavy (non-hydrogen) atoms. The van der Waals surface area contributed by atoms with Crippen LogP contribution in [0.4, 0.5) is 0 Å². The average Bonchev–Trinajstić information content (AvgIpc) is 2.20. The lowest BCUT2D eigenvalue weighted by molar-refractivity contribution is 0.121. The molecule has 0 aromatic rings. The molecule has 2 rings (SSSR count). The van der Waals surface area contributed by atoms with Crippen LogP contribution in [0.3, 0.4) is 0 Å². The molecule has 2 heteroatoms. The molecule has 1 atom stereocenters. The average molecular weight is 238 g/mol. The first-order valence-electron chi connectivity index (χ1n) is 7.50. The standard InChI is InChI=1S/C15H30N2/c1-14(2)8-4-9-15(11-14,12-16)17-10-7-13-5-3-6-13/h13,17H,3-12,16H2,1-2H3. The molecule has 0 spiro atoms. The second kappa shape index (κ2) is 5.27. The summed E-state index contributed by atoms with van der Waals surface area (Å²) in [6, 6.07) is 0. The van der Waals surface area contributed by atoms with E-state index in [-0.39, 0.29) is 5.54 Å². The molecule has 2 aliphatic carbocycles. The van der Waals surface area contributed by atoms with Gasteiger partial charge in [-0.1, -0.05) is 39.5 Å². The molecule has 2 nitrogen and oxygen atoms in total. The number of hydrogen-bond acceptors (Lipinski definition) is 2. The Morgan fingerprint density at radius 2 is 1.94 bits per heavy atom. The molecule has 0 radical (unpaired) electrons. The van der Waals surface area contributed by atoms with Gasteiger partial charge in [0, 0.05) is 12.1 Å². The Morgan fingerprint density at radius 3 is 2.47 bits per heavy atom. The maximum absolute atomic E-state index is 6.06. The van der Waals surface area contributed by atoms with Crippen molar-refractivity contribution >= 4 is 0 Å². The van der Waals surface area contributed by atoms with Crippen molar-refractivity contribution in [1.82, 2.24) is 5.32 Å². The van der Waals surface area contributed by atoms with Crippen LogP contribution < -0.4 is 11.1 Å². The monoisotopic (exact) mass is 238 g/mol. The van der Waals surface area contributed by atoms with E-state index in [1.807, 2.05) is 0 Å². The Labute approximate surface area is 107 Å². The summed E-state index contributed by atoms with van der Waals surface area (Å²) in [5, 5.41) is 3.81. The van der Waals surface area contributed by atoms with Gasteiger partial charge < -0.3 is 11.1 Å². The minimum Gasteiger partial charge on any atom is -0.329 e. The quantitative estimate of drug-likeness (QED) is 0.772. The molecule has 0 saturated heterocycles. The van der Waals surface area contributed by atoms with Crippen LogP contribution in [0.2, 0.25) is 0 Å². The fourth-order valence-corrected chi connectivity index (χ4v) is 3.72. The molecule has 1 unspecified atom stereocenters. The van der Waals surface area contributed by atoms with Crippen molar-refractivity contribution < 1.29 is 0 Å². The van der Waals surface area contributed by atoms with Crippen molar-refractivity contribution in [2.24, 2.45) is 17.1 Å². The van der Waals surface area contributed by atoms with Gasteiger partial charge in [-0.15, -0.1) is 0 Å². The highest BCUT2D eigenvalue weighted by atomic mass is 15.0. The van der Waals surface area contributed by atoms with Gasteiger partial charge in [-0.2, -0.15) is 0 Å². The van der Waals surface area contributed by atoms with Crippen LogP contribution >= 0.6 is 0 Å². The van der Waals surface area contributed by atoms with Crippen LogP contribution in [0.15, 0.2) is 0 Å². The van der Waals surface area contributed by atoms with Crippen molar-refractivity contribution in [2.75, 3.05) is 13.1 Å². The highest BCUT2D eigenvalue weighted by Crippen LogP contribution is 2.40. The van der Waals surface area contributed by atoms with E-state index in [0.29, 0.717) is 5.41 Å². The van der Waals surface area contributed by atoms with Crippen molar-refractivity contribution in [3.63, 3.8) is 0 Å². The lowest BCUT2D eigenvalue weighted by atomic mass is 9.68. The predicted octanol–water partition coefficient (Wildman–Crippen LogP) is 3.06. The van der Waals surface area contributed by atoms with Crippen LogP contribution in [0.1, 0.15) is 65.2 Å². The smallest absolute Gasteiger partial charge is 0.0309 e. The zero-order valence-corrected chi connectivity index (χ0v) is 11.7. The maximum Gasteiger partial charge on any atom is 0.0309 e. The lowest BCUT2D eigenvalue weighted by Gasteiger charge is -2.45. The molecular weight excluding hydrogens is 208 g/mol. The summed E-state index contributed by atoms with van der Waals surface area (Å²) in [4.78, 5) is 0. The number of nitrogens with two attached hydrogens (primary N) is 1. The highest BCUT2D eigenvalue weighted by molar-refractivity contribution is 4.97. The fraction of sp³-hybridized carbons (Fsp3) is 1.00. The summed E-state index contributed by atoms with van der Waals surface area (Å²) in [7, 11) is 0. The largest absolute Gasteiger partial charge is 0.329 e. The van der Waals surface area contributed by atoms with E-state index in [9.17, 15) is 0 Å². The first-order chi connectivity index (χ1) is 8.05. The van der Waals surface area contributed by atoms with E-state index >= 15 is 0 Å². The third-order valence-electron chi connectivity index (χ3n) is 4.99. The molecule has 0 aliphatic heterocycles. The zero-order chi connectivity index (χ0) is 12.4. The molecule has 2 saturated carbocycles. The van der Waals surface area contributed by atoms with Crippen LogP contribution in [-0.4, -0.2) is 18.6 Å². The van der Waals surface area contributed by atoms with Gasteiger partial charge in [-0.25, -0.2) is 0 Å². The summed E-state index contributed by atoms with van der Waals surface area (Å²) in [6.07, 6.45) is 11.0. The van der Waals surface area contributed by atoms with Gasteiger partial charge in [0.1, 0.15) is 0 Å². The SMILES string of the molecule is CC1(C)CCCC(CN)(NCCC2CCC2)C1. The topological polar surface area (TPSA) is 38.0 Å². The fourth-order valence-electron chi connectivity index (χ4n) is 3.72. The molecule has 100 valence electrons. The predicted molar refractivity (Wildman–Crippen MR) is 74.0 cm³/mol. The van der Waals surface area contributed by atoms with E-state index in [4.69, 9.17) is 5.73 Å². The van der Waals surface area contributed by atoms with Crippen LogP contribution in [0, 0.1) is 11.3 Å². The molecule has 2 fully saturated rings. The number of rotatable bonds is 5. The van der Waals surface area contributed by atoms with Crippen molar-refractivity contribution in [3.8, 4) is 0 Å². The van der Waals surface area contributed by atoms with Gasteiger partial charge in [-0.05, 0) is 43.6 Å².